The van der Waals surface area contributed by atoms with E-state index in [4.69, 9.17) is 4.74 Å². The van der Waals surface area contributed by atoms with Gasteiger partial charge in [0.2, 0.25) is 0 Å². The number of nitrogens with one attached hydrogen (secondary N) is 1. The summed E-state index contributed by atoms with van der Waals surface area (Å²) in [7, 11) is 3.99. The van der Waals surface area contributed by atoms with E-state index in [1.54, 1.807) is 0 Å². The van der Waals surface area contributed by atoms with Gasteiger partial charge in [-0.15, -0.1) is 0 Å². The molecule has 0 aliphatic carbocycles. The van der Waals surface area contributed by atoms with Gasteiger partial charge in [0.15, 0.2) is 0 Å². The summed E-state index contributed by atoms with van der Waals surface area (Å²) in [6.45, 7) is 2.52. The topological polar surface area (TPSA) is 26.2 Å². The van der Waals surface area contributed by atoms with Gasteiger partial charge in [-0.2, -0.15) is 0 Å². The summed E-state index contributed by atoms with van der Waals surface area (Å²) < 4.78 is 7.55. The van der Waals surface area contributed by atoms with Gasteiger partial charge in [0, 0.05) is 31.9 Å². The molecule has 0 spiro atoms. The average molecular weight is 182 g/mol. The number of hydrogen-bond donors (Lipinski definition) is 1. The predicted molar refractivity (Wildman–Crippen MR) is 53.9 cm³/mol. The van der Waals surface area contributed by atoms with Gasteiger partial charge >= 0.3 is 0 Å². The van der Waals surface area contributed by atoms with Gasteiger partial charge in [-0.05, 0) is 19.2 Å². The zero-order valence-electron chi connectivity index (χ0n) is 8.42. The molecule has 0 aromatic carbocycles. The van der Waals surface area contributed by atoms with Gasteiger partial charge in [0.25, 0.3) is 0 Å². The van der Waals surface area contributed by atoms with E-state index in [9.17, 15) is 0 Å². The molecule has 1 N–H and O–H groups in total. The highest BCUT2D eigenvalue weighted by molar-refractivity contribution is 5.06. The molecule has 1 heterocycles. The van der Waals surface area contributed by atoms with Crippen molar-refractivity contribution in [1.29, 1.82) is 0 Å². The lowest BCUT2D eigenvalue weighted by molar-refractivity contribution is 0.139. The quantitative estimate of drug-likeness (QED) is 0.659. The van der Waals surface area contributed by atoms with Gasteiger partial charge in [0.05, 0.1) is 13.2 Å². The minimum absolute atomic E-state index is 0.793. The summed E-state index contributed by atoms with van der Waals surface area (Å²) in [5.74, 6) is 0. The first-order valence-electron chi connectivity index (χ1n) is 4.67. The molecule has 0 atom stereocenters. The fourth-order valence-corrected chi connectivity index (χ4v) is 1.21. The van der Waals surface area contributed by atoms with Crippen LogP contribution in [0.2, 0.25) is 0 Å². The van der Waals surface area contributed by atoms with Crippen LogP contribution in [0, 0.1) is 0 Å². The van der Waals surface area contributed by atoms with Crippen molar-refractivity contribution in [2.24, 2.45) is 7.05 Å². The first-order valence-corrected chi connectivity index (χ1v) is 4.67. The van der Waals surface area contributed by atoms with Crippen molar-refractivity contribution in [2.75, 3.05) is 26.8 Å². The van der Waals surface area contributed by atoms with E-state index >= 15 is 0 Å². The highest BCUT2D eigenvalue weighted by Crippen LogP contribution is 2.00. The molecule has 1 aromatic rings. The molecule has 0 radical (unpaired) electrons. The Hall–Kier alpha value is -0.800. The van der Waals surface area contributed by atoms with Crippen LogP contribution in [0.25, 0.3) is 0 Å². The number of rotatable bonds is 6. The van der Waals surface area contributed by atoms with Crippen molar-refractivity contribution >= 4 is 0 Å². The SMILES string of the molecule is CNCCOCCc1cccn1C. The van der Waals surface area contributed by atoms with Crippen LogP contribution in [-0.4, -0.2) is 31.4 Å². The van der Waals surface area contributed by atoms with Gasteiger partial charge in [-0.25, -0.2) is 0 Å². The van der Waals surface area contributed by atoms with Crippen LogP contribution in [-0.2, 0) is 18.2 Å². The molecule has 0 saturated carbocycles. The first-order chi connectivity index (χ1) is 6.34. The Labute approximate surface area is 79.7 Å². The summed E-state index contributed by atoms with van der Waals surface area (Å²) in [5, 5.41) is 3.04. The maximum absolute atomic E-state index is 5.43. The summed E-state index contributed by atoms with van der Waals surface area (Å²) in [6.07, 6.45) is 3.05. The Morgan fingerprint density at radius 1 is 1.46 bits per heavy atom. The van der Waals surface area contributed by atoms with Crippen molar-refractivity contribution in [1.82, 2.24) is 9.88 Å². The molecule has 0 saturated heterocycles. The number of hydrogen-bond acceptors (Lipinski definition) is 2. The molecule has 0 aliphatic rings. The summed E-state index contributed by atoms with van der Waals surface area (Å²) in [4.78, 5) is 0. The monoisotopic (exact) mass is 182 g/mol. The van der Waals surface area contributed by atoms with E-state index in [-0.39, 0.29) is 0 Å². The lowest BCUT2D eigenvalue weighted by Crippen LogP contribution is -2.15. The Morgan fingerprint density at radius 3 is 2.92 bits per heavy atom. The van der Waals surface area contributed by atoms with Crippen molar-refractivity contribution in [3.8, 4) is 0 Å². The Balaban J connectivity index is 2.10. The fourth-order valence-electron chi connectivity index (χ4n) is 1.21. The van der Waals surface area contributed by atoms with Crippen molar-refractivity contribution in [3.05, 3.63) is 24.0 Å². The van der Waals surface area contributed by atoms with Crippen LogP contribution >= 0.6 is 0 Å². The van der Waals surface area contributed by atoms with Gasteiger partial charge in [0.1, 0.15) is 0 Å². The summed E-state index contributed by atoms with van der Waals surface area (Å²) in [6, 6.07) is 4.18. The Kier molecular flexibility index (Phi) is 4.57. The molecule has 0 amide bonds. The minimum Gasteiger partial charge on any atom is -0.380 e. The second-order valence-corrected chi connectivity index (χ2v) is 3.08. The second kappa shape index (κ2) is 5.78. The maximum atomic E-state index is 5.43. The van der Waals surface area contributed by atoms with Gasteiger partial charge < -0.3 is 14.6 Å². The van der Waals surface area contributed by atoms with Crippen LogP contribution in [0.4, 0.5) is 0 Å². The van der Waals surface area contributed by atoms with E-state index in [0.29, 0.717) is 0 Å². The number of aromatic nitrogens is 1. The van der Waals surface area contributed by atoms with Gasteiger partial charge in [-0.1, -0.05) is 0 Å². The molecule has 74 valence electrons. The zero-order valence-corrected chi connectivity index (χ0v) is 8.42. The van der Waals surface area contributed by atoms with Crippen LogP contribution in [0.3, 0.4) is 0 Å². The first kappa shape index (κ1) is 10.3. The number of aryl methyl sites for hydroxylation is 1. The third-order valence-corrected chi connectivity index (χ3v) is 2.05. The molecule has 0 aliphatic heterocycles. The van der Waals surface area contributed by atoms with Crippen molar-refractivity contribution in [3.63, 3.8) is 0 Å². The molecule has 0 unspecified atom stereocenters. The van der Waals surface area contributed by atoms with Crippen LogP contribution in [0.5, 0.6) is 0 Å². The molecule has 3 heteroatoms. The average Bonchev–Trinajstić information content (AvgIpc) is 2.52. The lowest BCUT2D eigenvalue weighted by Gasteiger charge is -2.04. The van der Waals surface area contributed by atoms with Crippen LogP contribution in [0.1, 0.15) is 5.69 Å². The number of ether oxygens (including phenoxy) is 1. The molecule has 0 fully saturated rings. The molecule has 1 rings (SSSR count). The minimum atomic E-state index is 0.793. The zero-order chi connectivity index (χ0) is 9.52. The molecule has 13 heavy (non-hydrogen) atoms. The third-order valence-electron chi connectivity index (χ3n) is 2.05. The third kappa shape index (κ3) is 3.61. The largest absolute Gasteiger partial charge is 0.380 e. The standard InChI is InChI=1S/C10H18N2O/c1-11-6-9-13-8-5-10-4-3-7-12(10)2/h3-4,7,11H,5-6,8-9H2,1-2H3. The predicted octanol–water partition coefficient (Wildman–Crippen LogP) is 0.804. The molecular formula is C10H18N2O. The smallest absolute Gasteiger partial charge is 0.0590 e. The Bertz CT molecular complexity index is 233. The van der Waals surface area contributed by atoms with E-state index in [0.717, 1.165) is 26.2 Å². The number of likely N-dealkylation sites (N-methyl/N-ethyl adjacent to an activating group) is 1. The van der Waals surface area contributed by atoms with E-state index in [1.165, 1.54) is 5.69 Å². The molecule has 1 aromatic heterocycles. The second-order valence-electron chi connectivity index (χ2n) is 3.08. The Morgan fingerprint density at radius 2 is 2.31 bits per heavy atom. The normalized spacial score (nSPS) is 10.6. The van der Waals surface area contributed by atoms with E-state index in [1.807, 2.05) is 7.05 Å². The molecular weight excluding hydrogens is 164 g/mol. The summed E-state index contributed by atoms with van der Waals surface area (Å²) in [5.41, 5.74) is 1.32. The van der Waals surface area contributed by atoms with Crippen LogP contribution in [0.15, 0.2) is 18.3 Å². The van der Waals surface area contributed by atoms with E-state index in [2.05, 4.69) is 35.3 Å². The van der Waals surface area contributed by atoms with Gasteiger partial charge in [-0.3, -0.25) is 0 Å². The number of nitrogens with zero attached hydrogens (tertiary/aromatic N) is 1. The van der Waals surface area contributed by atoms with Crippen molar-refractivity contribution < 1.29 is 4.74 Å². The van der Waals surface area contributed by atoms with Crippen LogP contribution < -0.4 is 5.32 Å². The lowest BCUT2D eigenvalue weighted by atomic mass is 10.3. The van der Waals surface area contributed by atoms with Crippen molar-refractivity contribution in [2.45, 2.75) is 6.42 Å². The maximum Gasteiger partial charge on any atom is 0.0590 e. The molecule has 0 bridgehead atoms. The molecule has 3 nitrogen and oxygen atoms in total. The highest BCUT2D eigenvalue weighted by Gasteiger charge is 1.95. The summed E-state index contributed by atoms with van der Waals surface area (Å²) >= 11 is 0. The highest BCUT2D eigenvalue weighted by atomic mass is 16.5. The van der Waals surface area contributed by atoms with E-state index < -0.39 is 0 Å². The fraction of sp³-hybridized carbons (Fsp3) is 0.600.